The Labute approximate surface area is 708 Å². The summed E-state index contributed by atoms with van der Waals surface area (Å²) < 4.78 is 5.72. The zero-order valence-corrected chi connectivity index (χ0v) is 68.3. The number of para-hydroxylation sites is 3. The van der Waals surface area contributed by atoms with Crippen molar-refractivity contribution in [2.75, 3.05) is 37.7 Å². The Morgan fingerprint density at radius 2 is 1.04 bits per heavy atom. The summed E-state index contributed by atoms with van der Waals surface area (Å²) in [6.07, 6.45) is -2.96. The third kappa shape index (κ3) is 33.4. The number of amides is 15. The molecule has 26 N–H and O–H groups in total. The molecule has 3 aromatic carbocycles. The number of nitrogens with one attached hydrogen (secondary N) is 15. The van der Waals surface area contributed by atoms with Gasteiger partial charge in [0, 0.05) is 59.8 Å². The van der Waals surface area contributed by atoms with Gasteiger partial charge >= 0.3 is 29.8 Å². The number of nitrogens with two attached hydrogens (primary N) is 3. The monoisotopic (exact) mass is 1740 g/mol. The maximum Gasteiger partial charge on any atom is 0.329 e. The molecule has 1 aliphatic rings. The smallest absolute Gasteiger partial charge is 0.329 e. The van der Waals surface area contributed by atoms with Gasteiger partial charge in [0.05, 0.1) is 57.4 Å². The molecule has 0 saturated carbocycles. The number of aromatic nitrogens is 1. The molecule has 15 amide bonds. The number of carbonyl (C=O) groups is 21. The number of primary amides is 1. The molecule has 2 heterocycles. The summed E-state index contributed by atoms with van der Waals surface area (Å²) in [7, 11) is 0. The fraction of sp³-hybridized carbons (Fsp3) is 0.481. The number of H-pyrrole nitrogens is 1. The Morgan fingerprint density at radius 1 is 0.516 bits per heavy atom. The molecule has 45 heteroatoms. The van der Waals surface area contributed by atoms with E-state index >= 15 is 0 Å². The molecule has 124 heavy (non-hydrogen) atoms. The number of benzene rings is 3. The first kappa shape index (κ1) is 100. The van der Waals surface area contributed by atoms with Gasteiger partial charge in [-0.05, 0) is 74.9 Å². The number of aliphatic hydroxyl groups is 1. The molecular formula is C79H106N18O27. The van der Waals surface area contributed by atoms with Gasteiger partial charge in [0.25, 0.3) is 5.91 Å². The van der Waals surface area contributed by atoms with Gasteiger partial charge in [0.2, 0.25) is 82.7 Å². The van der Waals surface area contributed by atoms with Gasteiger partial charge in [-0.15, -0.1) is 0 Å². The zero-order valence-electron chi connectivity index (χ0n) is 68.3. The van der Waals surface area contributed by atoms with Crippen molar-refractivity contribution in [3.63, 3.8) is 0 Å². The number of hydrogen-bond acceptors (Lipinski definition) is 25. The number of ether oxygens (including phenoxy) is 1. The van der Waals surface area contributed by atoms with Crippen molar-refractivity contribution in [3.05, 3.63) is 95.7 Å². The molecular weight excluding hydrogens is 1630 g/mol. The summed E-state index contributed by atoms with van der Waals surface area (Å²) in [5.41, 5.74) is 18.4. The molecule has 4 aromatic rings. The van der Waals surface area contributed by atoms with E-state index in [4.69, 9.17) is 21.9 Å². The molecule has 5 rings (SSSR count). The van der Waals surface area contributed by atoms with E-state index in [0.717, 1.165) is 52.9 Å². The standard InChI is InChI=1S/C79H106N18O27/c1-5-6-7-8-9-10-11-26-59(101)89-50(29-42-35-84-48-24-17-14-19-43(42)48)73(117)92-51(31-58(82)100)74(118)94-54(34-65(110)111)75(119)97-67-41(4)124-79(123)55(30-57(99)44-20-12-15-22-46(44)80)95-78(122)66(39(2)28-62(104)105)96-76(120)56(38-98)90-61(103)36-85-70(114)52(32-63(106)107)91-68(112)40(3)87-72(116)53(33-64(108)109)93-71(115)49(88-60(102)37-86-77(67)121)25-18-27-83-69(113)45-21-13-16-23-47(45)81/h12-17,19-24,35,39-41,49-56,66-67,84,98H,5-11,18,25-34,36-38,80-81H2,1-4H3,(H2,82,100)(H,83,113)(H,85,114)(H,86,121)(H,87,116)(H,88,102)(H,89,101)(H,90,103)(H,91,112)(H,92,117)(H,93,115)(H,94,118)(H,95,122)(H,96,120)(H,97,119)(H,104,105)(H,106,107)(H,108,109)(H,110,111)/t39-,40-,41?,49+,50+,51+,52+,53?,54+,55+,56-,66?,67?/m1/s1. The topological polar surface area (TPSA) is 731 Å². The van der Waals surface area contributed by atoms with E-state index < -0.39 is 267 Å². The number of esters is 1. The van der Waals surface area contributed by atoms with Gasteiger partial charge in [0.15, 0.2) is 5.78 Å². The summed E-state index contributed by atoms with van der Waals surface area (Å²) in [6, 6.07) is -5.29. The first-order valence-electron chi connectivity index (χ1n) is 39.6. The number of Topliss-reactive ketones (excluding diaryl/α,β-unsaturated/α-hetero) is 1. The third-order valence-electron chi connectivity index (χ3n) is 19.3. The number of hydrogen-bond donors (Lipinski definition) is 23. The average molecular weight is 1740 g/mol. The van der Waals surface area contributed by atoms with E-state index in [9.17, 15) is 126 Å². The normalized spacial score (nSPS) is 20.4. The number of unbranched alkanes of at least 4 members (excludes halogenated alkanes) is 6. The average Bonchev–Trinajstić information content (AvgIpc) is 1.67. The van der Waals surface area contributed by atoms with Crippen molar-refractivity contribution in [3.8, 4) is 0 Å². The van der Waals surface area contributed by atoms with Gasteiger partial charge in [-0.1, -0.05) is 94.8 Å². The Balaban J connectivity index is 1.64. The van der Waals surface area contributed by atoms with E-state index in [1.807, 2.05) is 16.0 Å². The third-order valence-corrected chi connectivity index (χ3v) is 19.3. The number of fused-ring (bicyclic) bond motifs is 1. The van der Waals surface area contributed by atoms with Crippen molar-refractivity contribution < 1.29 is 131 Å². The van der Waals surface area contributed by atoms with Gasteiger partial charge in [0.1, 0.15) is 72.6 Å². The summed E-state index contributed by atoms with van der Waals surface area (Å²) >= 11 is 0. The van der Waals surface area contributed by atoms with Crippen LogP contribution in [-0.2, 0) is 102 Å². The number of ketones is 1. The summed E-state index contributed by atoms with van der Waals surface area (Å²) in [6.45, 7) is 0.833. The number of carboxylic acid groups (broad SMARTS) is 4. The molecule has 0 radical (unpaired) electrons. The van der Waals surface area contributed by atoms with Crippen LogP contribution in [0.1, 0.15) is 157 Å². The van der Waals surface area contributed by atoms with Crippen LogP contribution >= 0.6 is 0 Å². The summed E-state index contributed by atoms with van der Waals surface area (Å²) in [4.78, 5) is 292. The van der Waals surface area contributed by atoms with Crippen LogP contribution in [0, 0.1) is 5.92 Å². The first-order chi connectivity index (χ1) is 58.7. The Morgan fingerprint density at radius 3 is 1.64 bits per heavy atom. The second-order valence-corrected chi connectivity index (χ2v) is 29.3. The lowest BCUT2D eigenvalue weighted by atomic mass is 9.96. The number of rotatable bonds is 37. The Hall–Kier alpha value is -14.2. The summed E-state index contributed by atoms with van der Waals surface area (Å²) in [5.74, 6) is -31.0. The molecule has 0 aliphatic carbocycles. The molecule has 0 spiro atoms. The maximum absolute atomic E-state index is 15.0. The van der Waals surface area contributed by atoms with E-state index in [1.165, 1.54) is 48.5 Å². The van der Waals surface area contributed by atoms with Crippen LogP contribution < -0.4 is 91.6 Å². The fourth-order valence-corrected chi connectivity index (χ4v) is 12.7. The van der Waals surface area contributed by atoms with Crippen LogP contribution in [0.4, 0.5) is 11.4 Å². The molecule has 0 bridgehead atoms. The van der Waals surface area contributed by atoms with Crippen molar-refractivity contribution >= 4 is 147 Å². The molecule has 1 aromatic heterocycles. The number of carbonyl (C=O) groups excluding carboxylic acids is 17. The van der Waals surface area contributed by atoms with Crippen molar-refractivity contribution in [2.45, 2.75) is 209 Å². The minimum absolute atomic E-state index is 0.0132. The predicted molar refractivity (Wildman–Crippen MR) is 434 cm³/mol. The van der Waals surface area contributed by atoms with Crippen LogP contribution in [0.3, 0.4) is 0 Å². The molecule has 13 atom stereocenters. The second-order valence-electron chi connectivity index (χ2n) is 29.3. The molecule has 1 fully saturated rings. The fourth-order valence-electron chi connectivity index (χ4n) is 12.7. The number of carboxylic acids is 4. The highest BCUT2D eigenvalue weighted by Gasteiger charge is 2.41. The van der Waals surface area contributed by atoms with Crippen LogP contribution in [0.2, 0.25) is 0 Å². The van der Waals surface area contributed by atoms with Crippen LogP contribution in [-0.4, -0.2) is 254 Å². The highest BCUT2D eigenvalue weighted by molar-refractivity contribution is 6.06. The lowest BCUT2D eigenvalue weighted by Crippen LogP contribution is -2.62. The molecule has 674 valence electrons. The minimum Gasteiger partial charge on any atom is -0.481 e. The number of anilines is 2. The zero-order chi connectivity index (χ0) is 92.0. The SMILES string of the molecule is CCCCCCCCCC(=O)N[C@@H](Cc1c[nH]c2ccccc12)C(=O)N[C@@H](CC(N)=O)C(=O)N[C@@H](CC(=O)O)C(=O)NC1C(=O)NCC(=O)N[C@@H](CCCNC(=O)c2ccccc2N)C(=O)NC(CC(=O)O)C(=O)N[C@H](C)C(=O)N[C@@H](CC(=O)O)C(=O)NCC(=O)N[C@H](CO)C(=O)NC([C@H](C)CC(=O)O)C(=O)N[C@@H](CC(=O)c2ccccc2N)C(=O)OC1C. The lowest BCUT2D eigenvalue weighted by Gasteiger charge is -2.30. The van der Waals surface area contributed by atoms with E-state index in [2.05, 4.69) is 70.4 Å². The summed E-state index contributed by atoms with van der Waals surface area (Å²) in [5, 5.41) is 81.7. The van der Waals surface area contributed by atoms with Crippen LogP contribution in [0.15, 0.2) is 79.0 Å². The lowest BCUT2D eigenvalue weighted by molar-refractivity contribution is -0.156. The second kappa shape index (κ2) is 50.2. The first-order valence-corrected chi connectivity index (χ1v) is 39.6. The van der Waals surface area contributed by atoms with Crippen molar-refractivity contribution in [2.24, 2.45) is 11.7 Å². The maximum atomic E-state index is 15.0. The Kier molecular flexibility index (Phi) is 40.6. The largest absolute Gasteiger partial charge is 0.481 e. The highest BCUT2D eigenvalue weighted by atomic mass is 16.5. The molecule has 1 aliphatic heterocycles. The molecule has 4 unspecified atom stereocenters. The number of nitrogen functional groups attached to an aromatic ring is 2. The Bertz CT molecular complexity index is 4580. The van der Waals surface area contributed by atoms with Gasteiger partial charge in [-0.3, -0.25) is 95.9 Å². The molecule has 1 saturated heterocycles. The van der Waals surface area contributed by atoms with Crippen LogP contribution in [0.25, 0.3) is 10.9 Å². The number of cyclic esters (lactones) is 1. The van der Waals surface area contributed by atoms with E-state index in [0.29, 0.717) is 29.3 Å². The number of aliphatic carboxylic acids is 4. The van der Waals surface area contributed by atoms with Crippen molar-refractivity contribution in [1.29, 1.82) is 0 Å². The predicted octanol–water partition coefficient (Wildman–Crippen LogP) is -4.57. The van der Waals surface area contributed by atoms with Gasteiger partial charge in [-0.2, -0.15) is 0 Å². The van der Waals surface area contributed by atoms with Crippen LogP contribution in [0.5, 0.6) is 0 Å². The minimum atomic E-state index is -2.50. The van der Waals surface area contributed by atoms with Gasteiger partial charge < -0.3 is 127 Å². The number of aliphatic hydroxyl groups excluding tert-OH is 1. The van der Waals surface area contributed by atoms with Gasteiger partial charge in [-0.25, -0.2) is 4.79 Å². The van der Waals surface area contributed by atoms with E-state index in [1.54, 1.807) is 30.5 Å². The van der Waals surface area contributed by atoms with E-state index in [-0.39, 0.29) is 48.3 Å². The highest BCUT2D eigenvalue weighted by Crippen LogP contribution is 2.22. The number of aromatic amines is 1. The molecule has 45 nitrogen and oxygen atoms in total. The van der Waals surface area contributed by atoms with Crippen molar-refractivity contribution in [1.82, 2.24) is 79.4 Å². The quantitative estimate of drug-likeness (QED) is 0.00875.